The lowest BCUT2D eigenvalue weighted by atomic mass is 10.2. The first kappa shape index (κ1) is 16.9. The lowest BCUT2D eigenvalue weighted by Crippen LogP contribution is -2.37. The zero-order valence-electron chi connectivity index (χ0n) is 13.5. The number of thioether (sulfide) groups is 2. The number of nitrogens with zero attached hydrogens (tertiary/aromatic N) is 1. The molecule has 0 amide bonds. The van der Waals surface area contributed by atoms with Gasteiger partial charge in [-0.05, 0) is 13.8 Å². The van der Waals surface area contributed by atoms with Crippen LogP contribution >= 0.6 is 23.5 Å². The third-order valence-corrected chi connectivity index (χ3v) is 6.36. The second-order valence-corrected chi connectivity index (χ2v) is 8.30. The van der Waals surface area contributed by atoms with Crippen molar-refractivity contribution in [2.24, 2.45) is 0 Å². The molecule has 0 radical (unpaired) electrons. The van der Waals surface area contributed by atoms with Crippen molar-refractivity contribution in [2.75, 3.05) is 31.1 Å². The minimum Gasteiger partial charge on any atom is -0.460 e. The summed E-state index contributed by atoms with van der Waals surface area (Å²) in [4.78, 5) is 26.7. The Bertz CT molecular complexity index is 566. The molecule has 0 aromatic rings. The van der Waals surface area contributed by atoms with E-state index in [1.807, 2.05) is 13.8 Å². The van der Waals surface area contributed by atoms with Crippen molar-refractivity contribution in [3.05, 3.63) is 22.4 Å². The average Bonchev–Trinajstić information content (AvgIpc) is 3.10. The van der Waals surface area contributed by atoms with E-state index in [2.05, 4.69) is 10.2 Å². The quantitative estimate of drug-likeness (QED) is 0.610. The normalized spacial score (nSPS) is 26.1. The van der Waals surface area contributed by atoms with Crippen LogP contribution in [0.3, 0.4) is 0 Å². The lowest BCUT2D eigenvalue weighted by molar-refractivity contribution is -0.142. The first-order valence-corrected chi connectivity index (χ1v) is 10.0. The number of esters is 1. The summed E-state index contributed by atoms with van der Waals surface area (Å²) >= 11 is 3.36. The van der Waals surface area contributed by atoms with E-state index in [0.717, 1.165) is 47.4 Å². The standard InChI is InChI=1S/C16H22N2O3S2/c1-10(2)21-16(20)12-3-5-18-11(9-23-15(12)18)7-13(19)14-8-17-4-6-22-14/h7,10,14,17H,3-6,8-9H2,1-2H3/b11-7+. The number of hydrogen-bond donors (Lipinski definition) is 1. The molecule has 126 valence electrons. The summed E-state index contributed by atoms with van der Waals surface area (Å²) in [5.74, 6) is 1.69. The topological polar surface area (TPSA) is 58.6 Å². The Labute approximate surface area is 145 Å². The largest absolute Gasteiger partial charge is 0.460 e. The number of ether oxygens (including phenoxy) is 1. The van der Waals surface area contributed by atoms with Gasteiger partial charge in [-0.3, -0.25) is 4.79 Å². The van der Waals surface area contributed by atoms with Gasteiger partial charge in [0.25, 0.3) is 0 Å². The van der Waals surface area contributed by atoms with E-state index >= 15 is 0 Å². The summed E-state index contributed by atoms with van der Waals surface area (Å²) in [7, 11) is 0. The molecule has 23 heavy (non-hydrogen) atoms. The number of allylic oxidation sites excluding steroid dienone is 1. The Hall–Kier alpha value is -0.920. The molecule has 3 aliphatic heterocycles. The Morgan fingerprint density at radius 3 is 2.96 bits per heavy atom. The maximum Gasteiger partial charge on any atom is 0.336 e. The van der Waals surface area contributed by atoms with Crippen molar-refractivity contribution >= 4 is 35.3 Å². The van der Waals surface area contributed by atoms with E-state index < -0.39 is 0 Å². The van der Waals surface area contributed by atoms with Crippen LogP contribution in [0.5, 0.6) is 0 Å². The van der Waals surface area contributed by atoms with Gasteiger partial charge in [0.2, 0.25) is 0 Å². The first-order chi connectivity index (χ1) is 11.1. The predicted molar refractivity (Wildman–Crippen MR) is 94.2 cm³/mol. The van der Waals surface area contributed by atoms with E-state index in [1.54, 1.807) is 29.6 Å². The van der Waals surface area contributed by atoms with Gasteiger partial charge in [0, 0.05) is 49.3 Å². The monoisotopic (exact) mass is 354 g/mol. The van der Waals surface area contributed by atoms with Crippen LogP contribution in [-0.4, -0.2) is 59.1 Å². The van der Waals surface area contributed by atoms with Gasteiger partial charge in [-0.2, -0.15) is 0 Å². The molecule has 0 saturated carbocycles. The van der Waals surface area contributed by atoms with Crippen LogP contribution in [0.25, 0.3) is 0 Å². The van der Waals surface area contributed by atoms with Gasteiger partial charge < -0.3 is 15.0 Å². The Morgan fingerprint density at radius 1 is 1.43 bits per heavy atom. The maximum absolute atomic E-state index is 12.4. The highest BCUT2D eigenvalue weighted by atomic mass is 32.2. The summed E-state index contributed by atoms with van der Waals surface area (Å²) in [6.07, 6.45) is 2.36. The van der Waals surface area contributed by atoms with E-state index in [-0.39, 0.29) is 23.1 Å². The fourth-order valence-electron chi connectivity index (χ4n) is 2.85. The molecule has 3 rings (SSSR count). The first-order valence-electron chi connectivity index (χ1n) is 7.97. The van der Waals surface area contributed by atoms with Gasteiger partial charge in [-0.25, -0.2) is 4.79 Å². The van der Waals surface area contributed by atoms with Gasteiger partial charge in [0.1, 0.15) is 0 Å². The molecule has 3 aliphatic rings. The second-order valence-electron chi connectivity index (χ2n) is 6.03. The second kappa shape index (κ2) is 7.32. The van der Waals surface area contributed by atoms with Crippen LogP contribution < -0.4 is 5.32 Å². The Balaban J connectivity index is 1.71. The Morgan fingerprint density at radius 2 is 2.26 bits per heavy atom. The molecule has 5 nitrogen and oxygen atoms in total. The molecule has 1 atom stereocenters. The van der Waals surface area contributed by atoms with Crippen molar-refractivity contribution in [3.63, 3.8) is 0 Å². The van der Waals surface area contributed by atoms with Gasteiger partial charge >= 0.3 is 5.97 Å². The average molecular weight is 354 g/mol. The maximum atomic E-state index is 12.4. The van der Waals surface area contributed by atoms with Gasteiger partial charge in [-0.1, -0.05) is 0 Å². The molecule has 1 unspecified atom stereocenters. The minimum atomic E-state index is -0.218. The summed E-state index contributed by atoms with van der Waals surface area (Å²) in [5, 5.41) is 4.26. The summed E-state index contributed by atoms with van der Waals surface area (Å²) in [6, 6.07) is 0. The molecule has 3 heterocycles. The van der Waals surface area contributed by atoms with Gasteiger partial charge in [-0.15, -0.1) is 23.5 Å². The molecular formula is C16H22N2O3S2. The van der Waals surface area contributed by atoms with Crippen LogP contribution in [0.4, 0.5) is 0 Å². The van der Waals surface area contributed by atoms with Crippen molar-refractivity contribution < 1.29 is 14.3 Å². The number of carbonyl (C=O) groups excluding carboxylic acids is 2. The third kappa shape index (κ3) is 3.78. The smallest absolute Gasteiger partial charge is 0.336 e. The zero-order valence-corrected chi connectivity index (χ0v) is 15.1. The van der Waals surface area contributed by atoms with Crippen molar-refractivity contribution in [3.8, 4) is 0 Å². The predicted octanol–water partition coefficient (Wildman–Crippen LogP) is 1.76. The number of hydrogen-bond acceptors (Lipinski definition) is 7. The highest BCUT2D eigenvalue weighted by Gasteiger charge is 2.35. The van der Waals surface area contributed by atoms with Crippen LogP contribution in [0.1, 0.15) is 20.3 Å². The number of nitrogens with one attached hydrogen (secondary N) is 1. The van der Waals surface area contributed by atoms with E-state index in [4.69, 9.17) is 4.74 Å². The third-order valence-electron chi connectivity index (χ3n) is 3.94. The van der Waals surface area contributed by atoms with Crippen molar-refractivity contribution in [2.45, 2.75) is 31.6 Å². The molecule has 2 fully saturated rings. The van der Waals surface area contributed by atoms with Crippen molar-refractivity contribution in [1.82, 2.24) is 10.2 Å². The molecule has 7 heteroatoms. The summed E-state index contributed by atoms with van der Waals surface area (Å²) in [5.41, 5.74) is 1.78. The summed E-state index contributed by atoms with van der Waals surface area (Å²) < 4.78 is 5.32. The lowest BCUT2D eigenvalue weighted by Gasteiger charge is -2.21. The minimum absolute atomic E-state index is 0.0160. The van der Waals surface area contributed by atoms with Crippen molar-refractivity contribution in [1.29, 1.82) is 0 Å². The fourth-order valence-corrected chi connectivity index (χ4v) is 5.12. The van der Waals surface area contributed by atoms with E-state index in [0.29, 0.717) is 6.42 Å². The number of fused-ring (bicyclic) bond motifs is 1. The number of rotatable bonds is 4. The number of carbonyl (C=O) groups is 2. The molecular weight excluding hydrogens is 332 g/mol. The van der Waals surface area contributed by atoms with Gasteiger partial charge in [0.15, 0.2) is 5.78 Å². The molecule has 0 spiro atoms. The van der Waals surface area contributed by atoms with Crippen LogP contribution in [0, 0.1) is 0 Å². The van der Waals surface area contributed by atoms with Crippen LogP contribution in [0.15, 0.2) is 22.4 Å². The molecule has 0 bridgehead atoms. The molecule has 2 saturated heterocycles. The van der Waals surface area contributed by atoms with Crippen LogP contribution in [-0.2, 0) is 14.3 Å². The zero-order chi connectivity index (χ0) is 16.4. The SMILES string of the molecule is CC(C)OC(=O)C1=C2SC/C(=C\C(=O)C3CNCCS3)N2CC1. The molecule has 0 aromatic heterocycles. The molecule has 0 aliphatic carbocycles. The van der Waals surface area contributed by atoms with Crippen LogP contribution in [0.2, 0.25) is 0 Å². The number of ketones is 1. The van der Waals surface area contributed by atoms with E-state index in [1.165, 1.54) is 0 Å². The summed E-state index contributed by atoms with van der Waals surface area (Å²) in [6.45, 7) is 6.20. The van der Waals surface area contributed by atoms with Gasteiger partial charge in [0.05, 0.1) is 22.0 Å². The molecule has 0 aromatic carbocycles. The van der Waals surface area contributed by atoms with E-state index in [9.17, 15) is 9.59 Å². The fraction of sp³-hybridized carbons (Fsp3) is 0.625. The Kier molecular flexibility index (Phi) is 5.38. The highest BCUT2D eigenvalue weighted by molar-refractivity contribution is 8.03. The molecule has 1 N–H and O–H groups in total. The highest BCUT2D eigenvalue weighted by Crippen LogP contribution is 2.43.